The van der Waals surface area contributed by atoms with Crippen LogP contribution in [-0.2, 0) is 9.47 Å². The van der Waals surface area contributed by atoms with Crippen LogP contribution in [0.5, 0.6) is 0 Å². The zero-order chi connectivity index (χ0) is 16.6. The number of ether oxygens (including phenoxy) is 2. The molecular formula is C19H36O2S2. The lowest BCUT2D eigenvalue weighted by molar-refractivity contribution is -0.0315. The molecule has 1 aliphatic rings. The molecule has 0 aliphatic carbocycles. The van der Waals surface area contributed by atoms with Gasteiger partial charge in [0.2, 0.25) is 0 Å². The molecule has 136 valence electrons. The van der Waals surface area contributed by atoms with Crippen molar-refractivity contribution in [2.75, 3.05) is 32.0 Å². The van der Waals surface area contributed by atoms with Crippen LogP contribution in [0.4, 0.5) is 0 Å². The van der Waals surface area contributed by atoms with E-state index in [2.05, 4.69) is 42.6 Å². The molecule has 0 unspecified atom stereocenters. The van der Waals surface area contributed by atoms with Gasteiger partial charge >= 0.3 is 0 Å². The van der Waals surface area contributed by atoms with E-state index in [0.717, 1.165) is 13.0 Å². The summed E-state index contributed by atoms with van der Waals surface area (Å²) in [6.45, 7) is 3.52. The van der Waals surface area contributed by atoms with Gasteiger partial charge in [-0.25, -0.2) is 0 Å². The summed E-state index contributed by atoms with van der Waals surface area (Å²) in [5.74, 6) is 2.69. The van der Waals surface area contributed by atoms with Crippen LogP contribution >= 0.6 is 23.5 Å². The Labute approximate surface area is 152 Å². The summed E-state index contributed by atoms with van der Waals surface area (Å²) < 4.78 is 10.8. The minimum Gasteiger partial charge on any atom is -0.359 e. The highest BCUT2D eigenvalue weighted by atomic mass is 32.2. The smallest absolute Gasteiger partial charge is 0.146 e. The maximum absolute atomic E-state index is 5.41. The van der Waals surface area contributed by atoms with Crippen LogP contribution in [0.15, 0.2) is 12.2 Å². The molecule has 1 rings (SSSR count). The minimum absolute atomic E-state index is 0.430. The van der Waals surface area contributed by atoms with E-state index >= 15 is 0 Å². The van der Waals surface area contributed by atoms with Gasteiger partial charge in [0.25, 0.3) is 0 Å². The van der Waals surface area contributed by atoms with Crippen LogP contribution in [0.3, 0.4) is 0 Å². The monoisotopic (exact) mass is 360 g/mol. The topological polar surface area (TPSA) is 18.5 Å². The zero-order valence-electron chi connectivity index (χ0n) is 15.2. The van der Waals surface area contributed by atoms with Gasteiger partial charge in [-0.3, -0.25) is 0 Å². The van der Waals surface area contributed by atoms with Gasteiger partial charge < -0.3 is 9.47 Å². The maximum Gasteiger partial charge on any atom is 0.146 e. The van der Waals surface area contributed by atoms with Crippen molar-refractivity contribution in [3.05, 3.63) is 12.2 Å². The molecule has 0 radical (unpaired) electrons. The molecule has 0 spiro atoms. The lowest BCUT2D eigenvalue weighted by atomic mass is 10.1. The van der Waals surface area contributed by atoms with E-state index in [-0.39, 0.29) is 0 Å². The van der Waals surface area contributed by atoms with E-state index < -0.39 is 0 Å². The van der Waals surface area contributed by atoms with Gasteiger partial charge in [-0.2, -0.15) is 0 Å². The number of allylic oxidation sites excluding steroid dienone is 2. The molecule has 23 heavy (non-hydrogen) atoms. The fourth-order valence-corrected chi connectivity index (χ4v) is 6.31. The first-order valence-corrected chi connectivity index (χ1v) is 11.3. The van der Waals surface area contributed by atoms with Gasteiger partial charge in [-0.1, -0.05) is 31.9 Å². The van der Waals surface area contributed by atoms with E-state index in [4.69, 9.17) is 9.47 Å². The number of thioether (sulfide) groups is 2. The minimum atomic E-state index is 0.430. The van der Waals surface area contributed by atoms with E-state index in [1.165, 1.54) is 69.3 Å². The van der Waals surface area contributed by atoms with Gasteiger partial charge in [0.05, 0.1) is 4.08 Å². The average Bonchev–Trinajstić information content (AvgIpc) is 2.58. The Morgan fingerprint density at radius 2 is 1.65 bits per heavy atom. The van der Waals surface area contributed by atoms with Crippen molar-refractivity contribution in [3.63, 3.8) is 0 Å². The maximum atomic E-state index is 5.41. The van der Waals surface area contributed by atoms with Crippen molar-refractivity contribution in [2.24, 2.45) is 0 Å². The molecule has 1 saturated heterocycles. The Morgan fingerprint density at radius 3 is 2.35 bits per heavy atom. The molecular weight excluding hydrogens is 324 g/mol. The summed E-state index contributed by atoms with van der Waals surface area (Å²) in [4.78, 5) is 0. The van der Waals surface area contributed by atoms with Gasteiger partial charge in [-0.05, 0) is 62.9 Å². The van der Waals surface area contributed by atoms with Crippen molar-refractivity contribution in [2.45, 2.75) is 75.2 Å². The molecule has 0 amide bonds. The summed E-state index contributed by atoms with van der Waals surface area (Å²) in [7, 11) is 1.68. The summed E-state index contributed by atoms with van der Waals surface area (Å²) >= 11 is 4.45. The van der Waals surface area contributed by atoms with Crippen molar-refractivity contribution >= 4 is 23.5 Å². The second-order valence-corrected chi connectivity index (χ2v) is 9.45. The van der Waals surface area contributed by atoms with E-state index in [9.17, 15) is 0 Å². The summed E-state index contributed by atoms with van der Waals surface area (Å²) in [5, 5.41) is 0. The van der Waals surface area contributed by atoms with Crippen LogP contribution in [0.2, 0.25) is 0 Å². The van der Waals surface area contributed by atoms with E-state index in [0.29, 0.717) is 10.9 Å². The number of methoxy groups -OCH3 is 1. The Balaban J connectivity index is 2.20. The molecule has 2 nitrogen and oxygen atoms in total. The van der Waals surface area contributed by atoms with Crippen LogP contribution in [-0.4, -0.2) is 36.1 Å². The highest BCUT2D eigenvalue weighted by molar-refractivity contribution is 8.18. The van der Waals surface area contributed by atoms with Crippen LogP contribution < -0.4 is 0 Å². The molecule has 0 bridgehead atoms. The number of hydrogen-bond acceptors (Lipinski definition) is 4. The molecule has 4 heteroatoms. The quantitative estimate of drug-likeness (QED) is 0.207. The molecule has 0 aromatic rings. The van der Waals surface area contributed by atoms with Crippen molar-refractivity contribution in [3.8, 4) is 0 Å². The first kappa shape index (κ1) is 21.4. The second kappa shape index (κ2) is 14.7. The van der Waals surface area contributed by atoms with E-state index in [1.807, 2.05) is 0 Å². The lowest BCUT2D eigenvalue weighted by Crippen LogP contribution is -2.25. The average molecular weight is 361 g/mol. The fourth-order valence-electron chi connectivity index (χ4n) is 2.82. The van der Waals surface area contributed by atoms with Crippen LogP contribution in [0.25, 0.3) is 0 Å². The molecule has 1 aliphatic heterocycles. The fraction of sp³-hybridized carbons (Fsp3) is 0.895. The third-order valence-corrected chi connectivity index (χ3v) is 7.70. The molecule has 0 aromatic heterocycles. The third-order valence-electron chi connectivity index (χ3n) is 4.14. The predicted octanol–water partition coefficient (Wildman–Crippen LogP) is 6.26. The van der Waals surface area contributed by atoms with Crippen LogP contribution in [0.1, 0.15) is 71.1 Å². The van der Waals surface area contributed by atoms with Crippen molar-refractivity contribution in [1.29, 1.82) is 0 Å². The molecule has 1 fully saturated rings. The molecule has 0 saturated carbocycles. The molecule has 0 N–H and O–H groups in total. The number of unbranched alkanes of at least 4 members (excludes halogenated alkanes) is 4. The molecule has 1 heterocycles. The largest absolute Gasteiger partial charge is 0.359 e. The predicted molar refractivity (Wildman–Crippen MR) is 106 cm³/mol. The van der Waals surface area contributed by atoms with Gasteiger partial charge in [0, 0.05) is 13.7 Å². The highest BCUT2D eigenvalue weighted by Gasteiger charge is 2.32. The third kappa shape index (κ3) is 10.8. The van der Waals surface area contributed by atoms with Crippen molar-refractivity contribution in [1.82, 2.24) is 0 Å². The zero-order valence-corrected chi connectivity index (χ0v) is 16.8. The summed E-state index contributed by atoms with van der Waals surface area (Å²) in [6, 6.07) is 0. The Morgan fingerprint density at radius 1 is 0.957 bits per heavy atom. The second-order valence-electron chi connectivity index (χ2n) is 6.24. The summed E-state index contributed by atoms with van der Waals surface area (Å²) in [6.07, 6.45) is 17.8. The van der Waals surface area contributed by atoms with Gasteiger partial charge in [0.15, 0.2) is 0 Å². The standard InChI is InChI=1S/C19H36O2S2/c1-3-4-5-6-7-8-9-13-19(22-16-12-17-23-19)14-10-11-15-21-18-20-2/h6-7H,3-5,8-18H2,1-2H3/b7-6+. The highest BCUT2D eigenvalue weighted by Crippen LogP contribution is 2.49. The molecule has 0 aromatic carbocycles. The Bertz CT molecular complexity index is 289. The Hall–Kier alpha value is 0.360. The van der Waals surface area contributed by atoms with Crippen molar-refractivity contribution < 1.29 is 9.47 Å². The normalized spacial score (nSPS) is 17.8. The first-order chi connectivity index (χ1) is 11.3. The van der Waals surface area contributed by atoms with E-state index in [1.54, 1.807) is 7.11 Å². The Kier molecular flexibility index (Phi) is 13.7. The number of hydrogen-bond donors (Lipinski definition) is 0. The molecule has 0 atom stereocenters. The first-order valence-electron chi connectivity index (χ1n) is 9.32. The summed E-state index contributed by atoms with van der Waals surface area (Å²) in [5.41, 5.74) is 0. The number of rotatable bonds is 14. The SMILES string of the molecule is CCCC/C=C/CCCC1(CCCCOCOC)SCCCS1. The van der Waals surface area contributed by atoms with Gasteiger partial charge in [0.1, 0.15) is 6.79 Å². The lowest BCUT2D eigenvalue weighted by Gasteiger charge is -2.36. The van der Waals surface area contributed by atoms with Gasteiger partial charge in [-0.15, -0.1) is 23.5 Å². The van der Waals surface area contributed by atoms with Crippen LogP contribution in [0, 0.1) is 0 Å².